The molecule has 2 aromatic carbocycles. The van der Waals surface area contributed by atoms with Crippen molar-refractivity contribution in [2.24, 2.45) is 5.92 Å². The standard InChI is InChI=1S/C23H27N3O3/c1-4-16(2)21(24-20(27)15-10-17-8-6-5-7-9-17)23-25-22(26-29-23)18-11-13-19(28-3)14-12-18/h5-9,11-14,16,21H,4,10,15H2,1-3H3,(H,24,27)/t16-,21-/m1/s1. The summed E-state index contributed by atoms with van der Waals surface area (Å²) in [6, 6.07) is 17.1. The van der Waals surface area contributed by atoms with E-state index in [0.717, 1.165) is 23.3 Å². The molecule has 0 fully saturated rings. The number of nitrogens with one attached hydrogen (secondary N) is 1. The lowest BCUT2D eigenvalue weighted by atomic mass is 9.98. The fourth-order valence-corrected chi connectivity index (χ4v) is 3.05. The van der Waals surface area contributed by atoms with E-state index in [2.05, 4.69) is 29.3 Å². The molecule has 2 atom stereocenters. The highest BCUT2D eigenvalue weighted by Gasteiger charge is 2.26. The number of amides is 1. The van der Waals surface area contributed by atoms with Crippen LogP contribution in [0.3, 0.4) is 0 Å². The van der Waals surface area contributed by atoms with Gasteiger partial charge in [0, 0.05) is 12.0 Å². The zero-order chi connectivity index (χ0) is 20.6. The van der Waals surface area contributed by atoms with Gasteiger partial charge in [-0.15, -0.1) is 0 Å². The summed E-state index contributed by atoms with van der Waals surface area (Å²) in [5.74, 6) is 1.83. The Kier molecular flexibility index (Phi) is 7.00. The molecule has 3 rings (SSSR count). The van der Waals surface area contributed by atoms with Crippen molar-refractivity contribution in [3.8, 4) is 17.1 Å². The lowest BCUT2D eigenvalue weighted by Gasteiger charge is -2.20. The Hall–Kier alpha value is -3.15. The predicted octanol–water partition coefficient (Wildman–Crippen LogP) is 4.58. The van der Waals surface area contributed by atoms with Gasteiger partial charge in [-0.3, -0.25) is 4.79 Å². The number of aryl methyl sites for hydroxylation is 1. The number of methoxy groups -OCH3 is 1. The van der Waals surface area contributed by atoms with E-state index in [1.807, 2.05) is 54.6 Å². The summed E-state index contributed by atoms with van der Waals surface area (Å²) < 4.78 is 10.7. The molecule has 0 aliphatic heterocycles. The van der Waals surface area contributed by atoms with Gasteiger partial charge in [-0.2, -0.15) is 4.98 Å². The lowest BCUT2D eigenvalue weighted by Crippen LogP contribution is -2.32. The van der Waals surface area contributed by atoms with Crippen LogP contribution in [-0.4, -0.2) is 23.2 Å². The zero-order valence-corrected chi connectivity index (χ0v) is 17.1. The van der Waals surface area contributed by atoms with E-state index in [4.69, 9.17) is 9.26 Å². The Morgan fingerprint density at radius 1 is 1.14 bits per heavy atom. The van der Waals surface area contributed by atoms with Crippen LogP contribution in [0.2, 0.25) is 0 Å². The number of ether oxygens (including phenoxy) is 1. The van der Waals surface area contributed by atoms with E-state index in [-0.39, 0.29) is 17.9 Å². The average Bonchev–Trinajstić information content (AvgIpc) is 3.26. The van der Waals surface area contributed by atoms with Crippen LogP contribution < -0.4 is 10.1 Å². The van der Waals surface area contributed by atoms with Crippen molar-refractivity contribution in [1.82, 2.24) is 15.5 Å². The molecular formula is C23H27N3O3. The van der Waals surface area contributed by atoms with Crippen LogP contribution in [0.15, 0.2) is 59.1 Å². The van der Waals surface area contributed by atoms with Crippen molar-refractivity contribution in [2.75, 3.05) is 7.11 Å². The molecule has 0 radical (unpaired) electrons. The fourth-order valence-electron chi connectivity index (χ4n) is 3.05. The largest absolute Gasteiger partial charge is 0.497 e. The molecule has 0 saturated heterocycles. The minimum Gasteiger partial charge on any atom is -0.497 e. The maximum atomic E-state index is 12.6. The van der Waals surface area contributed by atoms with Crippen molar-refractivity contribution < 1.29 is 14.1 Å². The third-order valence-corrected chi connectivity index (χ3v) is 5.07. The van der Waals surface area contributed by atoms with E-state index >= 15 is 0 Å². The van der Waals surface area contributed by atoms with Crippen molar-refractivity contribution in [3.63, 3.8) is 0 Å². The predicted molar refractivity (Wildman–Crippen MR) is 111 cm³/mol. The Morgan fingerprint density at radius 2 is 1.86 bits per heavy atom. The molecule has 0 spiro atoms. The zero-order valence-electron chi connectivity index (χ0n) is 17.1. The number of aromatic nitrogens is 2. The van der Waals surface area contributed by atoms with Gasteiger partial charge in [-0.1, -0.05) is 55.8 Å². The summed E-state index contributed by atoms with van der Waals surface area (Å²) in [4.78, 5) is 17.1. The van der Waals surface area contributed by atoms with Gasteiger partial charge in [-0.25, -0.2) is 0 Å². The minimum absolute atomic E-state index is 0.0247. The van der Waals surface area contributed by atoms with Gasteiger partial charge >= 0.3 is 0 Å². The number of carbonyl (C=O) groups excluding carboxylic acids is 1. The Morgan fingerprint density at radius 3 is 2.52 bits per heavy atom. The first-order valence-corrected chi connectivity index (χ1v) is 9.92. The number of carbonyl (C=O) groups is 1. The molecule has 0 bridgehead atoms. The topological polar surface area (TPSA) is 77.2 Å². The van der Waals surface area contributed by atoms with Crippen molar-refractivity contribution in [1.29, 1.82) is 0 Å². The summed E-state index contributed by atoms with van der Waals surface area (Å²) in [6.45, 7) is 4.15. The lowest BCUT2D eigenvalue weighted by molar-refractivity contribution is -0.122. The van der Waals surface area contributed by atoms with Crippen LogP contribution in [0.1, 0.15) is 44.2 Å². The fraction of sp³-hybridized carbons (Fsp3) is 0.348. The second-order valence-electron chi connectivity index (χ2n) is 7.10. The minimum atomic E-state index is -0.317. The van der Waals surface area contributed by atoms with Gasteiger partial charge in [0.15, 0.2) is 0 Å². The molecule has 1 heterocycles. The van der Waals surface area contributed by atoms with E-state index in [1.165, 1.54) is 0 Å². The summed E-state index contributed by atoms with van der Waals surface area (Å²) >= 11 is 0. The quantitative estimate of drug-likeness (QED) is 0.576. The Labute approximate surface area is 171 Å². The molecule has 0 unspecified atom stereocenters. The van der Waals surface area contributed by atoms with Gasteiger partial charge in [-0.05, 0) is 42.2 Å². The molecule has 1 aromatic heterocycles. The first kappa shape index (κ1) is 20.6. The molecular weight excluding hydrogens is 366 g/mol. The van der Waals surface area contributed by atoms with Crippen molar-refractivity contribution in [3.05, 3.63) is 66.1 Å². The van der Waals surface area contributed by atoms with E-state index < -0.39 is 0 Å². The van der Waals surface area contributed by atoms with Gasteiger partial charge in [0.25, 0.3) is 0 Å². The number of hydrogen-bond acceptors (Lipinski definition) is 5. The van der Waals surface area contributed by atoms with Crippen LogP contribution >= 0.6 is 0 Å². The summed E-state index contributed by atoms with van der Waals surface area (Å²) in [7, 11) is 1.62. The van der Waals surface area contributed by atoms with Gasteiger partial charge < -0.3 is 14.6 Å². The normalized spacial score (nSPS) is 12.9. The monoisotopic (exact) mass is 393 g/mol. The van der Waals surface area contributed by atoms with Gasteiger partial charge in [0.1, 0.15) is 11.8 Å². The average molecular weight is 393 g/mol. The first-order valence-electron chi connectivity index (χ1n) is 9.92. The molecule has 152 valence electrons. The molecule has 3 aromatic rings. The van der Waals surface area contributed by atoms with Gasteiger partial charge in [0.2, 0.25) is 17.6 Å². The third kappa shape index (κ3) is 5.44. The molecule has 1 amide bonds. The highest BCUT2D eigenvalue weighted by Crippen LogP contribution is 2.26. The SMILES string of the molecule is CC[C@@H](C)[C@@H](NC(=O)CCc1ccccc1)c1nc(-c2ccc(OC)cc2)no1. The Balaban J connectivity index is 1.69. The molecule has 0 saturated carbocycles. The van der Waals surface area contributed by atoms with Gasteiger partial charge in [0.05, 0.1) is 7.11 Å². The van der Waals surface area contributed by atoms with Crippen LogP contribution in [0, 0.1) is 5.92 Å². The maximum Gasteiger partial charge on any atom is 0.249 e. The highest BCUT2D eigenvalue weighted by atomic mass is 16.5. The second kappa shape index (κ2) is 9.87. The smallest absolute Gasteiger partial charge is 0.249 e. The van der Waals surface area contributed by atoms with E-state index in [0.29, 0.717) is 24.6 Å². The van der Waals surface area contributed by atoms with Crippen LogP contribution in [0.25, 0.3) is 11.4 Å². The number of hydrogen-bond donors (Lipinski definition) is 1. The maximum absolute atomic E-state index is 12.6. The molecule has 0 aliphatic rings. The summed E-state index contributed by atoms with van der Waals surface area (Å²) in [5, 5.41) is 7.18. The first-order chi connectivity index (χ1) is 14.1. The molecule has 6 nitrogen and oxygen atoms in total. The molecule has 6 heteroatoms. The number of nitrogens with zero attached hydrogens (tertiary/aromatic N) is 2. The van der Waals surface area contributed by atoms with E-state index in [1.54, 1.807) is 7.11 Å². The van der Waals surface area contributed by atoms with E-state index in [9.17, 15) is 4.79 Å². The Bertz CT molecular complexity index is 907. The van der Waals surface area contributed by atoms with Crippen LogP contribution in [0.4, 0.5) is 0 Å². The molecule has 0 aliphatic carbocycles. The second-order valence-corrected chi connectivity index (χ2v) is 7.10. The van der Waals surface area contributed by atoms with Crippen molar-refractivity contribution >= 4 is 5.91 Å². The van der Waals surface area contributed by atoms with Crippen LogP contribution in [0.5, 0.6) is 5.75 Å². The number of benzene rings is 2. The number of rotatable bonds is 9. The highest BCUT2D eigenvalue weighted by molar-refractivity contribution is 5.76. The summed E-state index contributed by atoms with van der Waals surface area (Å²) in [5.41, 5.74) is 1.97. The van der Waals surface area contributed by atoms with Crippen LogP contribution in [-0.2, 0) is 11.2 Å². The van der Waals surface area contributed by atoms with Crippen molar-refractivity contribution in [2.45, 2.75) is 39.2 Å². The summed E-state index contributed by atoms with van der Waals surface area (Å²) in [6.07, 6.45) is 1.99. The third-order valence-electron chi connectivity index (χ3n) is 5.07. The molecule has 29 heavy (non-hydrogen) atoms. The molecule has 1 N–H and O–H groups in total.